The van der Waals surface area contributed by atoms with Crippen LogP contribution in [0, 0.1) is 0 Å². The molecule has 0 spiro atoms. The zero-order valence-electron chi connectivity index (χ0n) is 9.68. The van der Waals surface area contributed by atoms with E-state index in [9.17, 15) is 0 Å². The molecule has 1 aromatic carbocycles. The number of pyridine rings is 2. The first-order valence-electron chi connectivity index (χ1n) is 5.56. The van der Waals surface area contributed by atoms with Crippen LogP contribution in [0.15, 0.2) is 63.1 Å². The predicted octanol–water partition coefficient (Wildman–Crippen LogP) is 5.20. The summed E-state index contributed by atoms with van der Waals surface area (Å²) in [7, 11) is 0. The maximum absolute atomic E-state index is 5.89. The molecule has 0 aliphatic carbocycles. The van der Waals surface area contributed by atoms with Crippen LogP contribution in [-0.2, 0) is 0 Å². The van der Waals surface area contributed by atoms with E-state index in [1.807, 2.05) is 36.4 Å². The lowest BCUT2D eigenvalue weighted by atomic mass is 10.3. The Bertz CT molecular complexity index is 731. The second-order valence-corrected chi connectivity index (χ2v) is 6.35. The summed E-state index contributed by atoms with van der Waals surface area (Å²) in [5.41, 5.74) is 1.79. The monoisotopic (exact) mass is 350 g/mol. The molecule has 2 aromatic heterocycles. The lowest BCUT2D eigenvalue weighted by molar-refractivity contribution is 1.26. The van der Waals surface area contributed by atoms with Crippen molar-refractivity contribution in [2.24, 2.45) is 0 Å². The molecule has 0 bridgehead atoms. The second-order valence-electron chi connectivity index (χ2n) is 3.89. The van der Waals surface area contributed by atoms with Gasteiger partial charge in [-0.15, -0.1) is 0 Å². The molecule has 0 unspecified atom stereocenters. The fraction of sp³-hybridized carbons (Fsp3) is 0. The molecule has 0 aliphatic rings. The molecule has 0 saturated heterocycles. The van der Waals surface area contributed by atoms with Crippen molar-refractivity contribution in [2.75, 3.05) is 0 Å². The fourth-order valence-electron chi connectivity index (χ4n) is 1.69. The molecule has 0 atom stereocenters. The molecular formula is C14H8BrClN2S. The summed E-state index contributed by atoms with van der Waals surface area (Å²) < 4.78 is 0.932. The molecule has 0 aliphatic heterocycles. The second kappa shape index (κ2) is 5.49. The quantitative estimate of drug-likeness (QED) is 0.635. The minimum atomic E-state index is 0.742. The van der Waals surface area contributed by atoms with Gasteiger partial charge in [0.2, 0.25) is 0 Å². The molecule has 2 nitrogen and oxygen atoms in total. The Morgan fingerprint density at radius 1 is 1.05 bits per heavy atom. The third-order valence-corrected chi connectivity index (χ3v) is 4.29. The Labute approximate surface area is 128 Å². The maximum Gasteiger partial charge on any atom is 0.103 e. The van der Waals surface area contributed by atoms with Crippen molar-refractivity contribution in [3.05, 3.63) is 58.3 Å². The molecule has 0 radical (unpaired) electrons. The minimum Gasteiger partial charge on any atom is -0.254 e. The van der Waals surface area contributed by atoms with Crippen molar-refractivity contribution < 1.29 is 0 Å². The van der Waals surface area contributed by atoms with Gasteiger partial charge < -0.3 is 0 Å². The summed E-state index contributed by atoms with van der Waals surface area (Å²) in [6, 6.07) is 11.7. The Morgan fingerprint density at radius 3 is 2.63 bits per heavy atom. The highest BCUT2D eigenvalue weighted by Crippen LogP contribution is 2.32. The van der Waals surface area contributed by atoms with E-state index in [1.54, 1.807) is 24.2 Å². The zero-order valence-corrected chi connectivity index (χ0v) is 12.8. The molecule has 0 amide bonds. The van der Waals surface area contributed by atoms with Gasteiger partial charge in [-0.1, -0.05) is 23.4 Å². The molecule has 5 heteroatoms. The van der Waals surface area contributed by atoms with E-state index in [0.29, 0.717) is 0 Å². The number of hydrogen-bond donors (Lipinski definition) is 0. The Hall–Kier alpha value is -1.10. The summed E-state index contributed by atoms with van der Waals surface area (Å²) in [6.45, 7) is 0. The van der Waals surface area contributed by atoms with Crippen molar-refractivity contribution >= 4 is 50.3 Å². The van der Waals surface area contributed by atoms with Crippen molar-refractivity contribution in [2.45, 2.75) is 9.79 Å². The molecule has 3 rings (SSSR count). The van der Waals surface area contributed by atoms with Crippen LogP contribution >= 0.6 is 39.3 Å². The average molecular weight is 352 g/mol. The van der Waals surface area contributed by atoms with Gasteiger partial charge in [0.1, 0.15) is 5.52 Å². The van der Waals surface area contributed by atoms with E-state index in [2.05, 4.69) is 25.9 Å². The van der Waals surface area contributed by atoms with E-state index in [-0.39, 0.29) is 0 Å². The van der Waals surface area contributed by atoms with E-state index in [1.165, 1.54) is 0 Å². The van der Waals surface area contributed by atoms with Gasteiger partial charge in [-0.25, -0.2) is 0 Å². The molecule has 0 saturated carbocycles. The smallest absolute Gasteiger partial charge is 0.103 e. The van der Waals surface area contributed by atoms with Gasteiger partial charge in [-0.05, 0) is 52.3 Å². The largest absolute Gasteiger partial charge is 0.254 e. The Kier molecular flexibility index (Phi) is 3.73. The van der Waals surface area contributed by atoms with Crippen molar-refractivity contribution in [1.82, 2.24) is 9.97 Å². The first kappa shape index (κ1) is 12.9. The Balaban J connectivity index is 2.03. The highest BCUT2D eigenvalue weighted by molar-refractivity contribution is 9.10. The summed E-state index contributed by atoms with van der Waals surface area (Å²) in [6.07, 6.45) is 3.59. The SMILES string of the molecule is Clc1ccc(Sc2ccnc3cc(Br)cnc23)cc1. The van der Waals surface area contributed by atoms with Gasteiger partial charge in [0.05, 0.1) is 5.52 Å². The highest BCUT2D eigenvalue weighted by atomic mass is 79.9. The molecular weight excluding hydrogens is 344 g/mol. The number of aromatic nitrogens is 2. The molecule has 2 heterocycles. The maximum atomic E-state index is 5.89. The van der Waals surface area contributed by atoms with Crippen LogP contribution in [-0.4, -0.2) is 9.97 Å². The van der Waals surface area contributed by atoms with Crippen LogP contribution in [0.5, 0.6) is 0 Å². The van der Waals surface area contributed by atoms with Gasteiger partial charge in [0.15, 0.2) is 0 Å². The van der Waals surface area contributed by atoms with Crippen LogP contribution in [0.25, 0.3) is 11.0 Å². The van der Waals surface area contributed by atoms with Crippen molar-refractivity contribution in [3.8, 4) is 0 Å². The standard InChI is InChI=1S/C14H8BrClN2S/c15-9-7-12-14(18-8-9)13(5-6-17-12)19-11-3-1-10(16)2-4-11/h1-8H. The van der Waals surface area contributed by atoms with Gasteiger partial charge in [0, 0.05) is 31.7 Å². The number of fused-ring (bicyclic) bond motifs is 1. The van der Waals surface area contributed by atoms with Gasteiger partial charge >= 0.3 is 0 Å². The average Bonchev–Trinajstić information content (AvgIpc) is 2.41. The Morgan fingerprint density at radius 2 is 1.84 bits per heavy atom. The summed E-state index contributed by atoms with van der Waals surface area (Å²) in [5.74, 6) is 0. The molecule has 94 valence electrons. The number of hydrogen-bond acceptors (Lipinski definition) is 3. The van der Waals surface area contributed by atoms with E-state index in [4.69, 9.17) is 11.6 Å². The minimum absolute atomic E-state index is 0.742. The first-order chi connectivity index (χ1) is 9.22. The van der Waals surface area contributed by atoms with Gasteiger partial charge in [0.25, 0.3) is 0 Å². The van der Waals surface area contributed by atoms with Crippen molar-refractivity contribution in [3.63, 3.8) is 0 Å². The van der Waals surface area contributed by atoms with E-state index >= 15 is 0 Å². The van der Waals surface area contributed by atoms with E-state index < -0.39 is 0 Å². The summed E-state index contributed by atoms with van der Waals surface area (Å²) in [4.78, 5) is 11.0. The number of nitrogens with zero attached hydrogens (tertiary/aromatic N) is 2. The lowest BCUT2D eigenvalue weighted by Gasteiger charge is -2.05. The van der Waals surface area contributed by atoms with E-state index in [0.717, 1.165) is 30.3 Å². The fourth-order valence-corrected chi connectivity index (χ4v) is 3.05. The summed E-state index contributed by atoms with van der Waals surface area (Å²) >= 11 is 11.0. The van der Waals surface area contributed by atoms with Crippen molar-refractivity contribution in [1.29, 1.82) is 0 Å². The number of benzene rings is 1. The normalized spacial score (nSPS) is 10.8. The van der Waals surface area contributed by atoms with Crippen LogP contribution < -0.4 is 0 Å². The van der Waals surface area contributed by atoms with Crippen LogP contribution in [0.3, 0.4) is 0 Å². The zero-order chi connectivity index (χ0) is 13.2. The molecule has 0 fully saturated rings. The lowest BCUT2D eigenvalue weighted by Crippen LogP contribution is -1.86. The first-order valence-corrected chi connectivity index (χ1v) is 7.55. The van der Waals surface area contributed by atoms with Crippen LogP contribution in [0.2, 0.25) is 5.02 Å². The third-order valence-electron chi connectivity index (χ3n) is 2.55. The predicted molar refractivity (Wildman–Crippen MR) is 82.8 cm³/mol. The van der Waals surface area contributed by atoms with Crippen LogP contribution in [0.4, 0.5) is 0 Å². The number of halogens is 2. The summed E-state index contributed by atoms with van der Waals surface area (Å²) in [5, 5.41) is 0.742. The van der Waals surface area contributed by atoms with Crippen LogP contribution in [0.1, 0.15) is 0 Å². The number of rotatable bonds is 2. The van der Waals surface area contributed by atoms with Gasteiger partial charge in [-0.2, -0.15) is 0 Å². The molecule has 3 aromatic rings. The topological polar surface area (TPSA) is 25.8 Å². The molecule has 19 heavy (non-hydrogen) atoms. The van der Waals surface area contributed by atoms with Gasteiger partial charge in [-0.3, -0.25) is 9.97 Å². The molecule has 0 N–H and O–H groups in total. The highest BCUT2D eigenvalue weighted by Gasteiger charge is 2.06. The third kappa shape index (κ3) is 2.91.